The number of rotatable bonds is 5. The van der Waals surface area contributed by atoms with Crippen molar-refractivity contribution in [3.8, 4) is 11.5 Å². The first-order valence-electron chi connectivity index (χ1n) is 7.91. The lowest BCUT2D eigenvalue weighted by Gasteiger charge is -2.22. The molecule has 0 saturated carbocycles. The Morgan fingerprint density at radius 2 is 1.83 bits per heavy atom. The second-order valence-electron chi connectivity index (χ2n) is 5.68. The highest BCUT2D eigenvalue weighted by Gasteiger charge is 2.25. The highest BCUT2D eigenvalue weighted by Crippen LogP contribution is 2.42. The zero-order chi connectivity index (χ0) is 16.9. The molecule has 0 aliphatic carbocycles. The molecule has 1 unspecified atom stereocenters. The summed E-state index contributed by atoms with van der Waals surface area (Å²) in [4.78, 5) is 14.4. The number of carbonyl (C=O) groups is 1. The van der Waals surface area contributed by atoms with E-state index < -0.39 is 0 Å². The highest BCUT2D eigenvalue weighted by atomic mass is 32.2. The third-order valence-corrected chi connectivity index (χ3v) is 5.46. The Labute approximate surface area is 146 Å². The number of hydrogen-bond donors (Lipinski definition) is 0. The number of ether oxygens (including phenoxy) is 2. The van der Waals surface area contributed by atoms with Crippen molar-refractivity contribution in [2.75, 3.05) is 27.3 Å². The molecule has 126 valence electrons. The summed E-state index contributed by atoms with van der Waals surface area (Å²) in [5, 5.41) is 0.162. The van der Waals surface area contributed by atoms with E-state index in [9.17, 15) is 4.79 Å². The average molecular weight is 343 g/mol. The molecule has 24 heavy (non-hydrogen) atoms. The maximum Gasteiger partial charge on any atom is 0.209 e. The van der Waals surface area contributed by atoms with Gasteiger partial charge < -0.3 is 14.4 Å². The summed E-state index contributed by atoms with van der Waals surface area (Å²) in [6.45, 7) is 1.41. The van der Waals surface area contributed by atoms with E-state index in [1.165, 1.54) is 16.0 Å². The van der Waals surface area contributed by atoms with Gasteiger partial charge in [-0.3, -0.25) is 4.79 Å². The fourth-order valence-corrected chi connectivity index (χ4v) is 4.23. The van der Waals surface area contributed by atoms with Crippen LogP contribution in [0.1, 0.15) is 16.4 Å². The van der Waals surface area contributed by atoms with Gasteiger partial charge >= 0.3 is 0 Å². The predicted molar refractivity (Wildman–Crippen MR) is 95.9 cm³/mol. The van der Waals surface area contributed by atoms with Crippen molar-refractivity contribution >= 4 is 18.2 Å². The number of nitrogens with zero attached hydrogens (tertiary/aromatic N) is 1. The lowest BCUT2D eigenvalue weighted by Crippen LogP contribution is -2.25. The zero-order valence-electron chi connectivity index (χ0n) is 13.9. The monoisotopic (exact) mass is 343 g/mol. The van der Waals surface area contributed by atoms with Crippen LogP contribution < -0.4 is 9.47 Å². The number of carbonyl (C=O) groups excluding carboxylic acids is 1. The zero-order valence-corrected chi connectivity index (χ0v) is 14.7. The Balaban J connectivity index is 2.01. The van der Waals surface area contributed by atoms with E-state index in [2.05, 4.69) is 18.2 Å². The number of methoxy groups -OCH3 is 2. The van der Waals surface area contributed by atoms with Crippen LogP contribution in [0.3, 0.4) is 0 Å². The van der Waals surface area contributed by atoms with Gasteiger partial charge in [-0.15, -0.1) is 11.8 Å². The number of benzene rings is 2. The molecule has 1 aliphatic heterocycles. The van der Waals surface area contributed by atoms with Gasteiger partial charge in [0.05, 0.1) is 19.5 Å². The van der Waals surface area contributed by atoms with Gasteiger partial charge in [0.2, 0.25) is 6.41 Å². The van der Waals surface area contributed by atoms with Crippen LogP contribution in [-0.2, 0) is 11.2 Å². The molecule has 0 N–H and O–H groups in total. The molecule has 0 fully saturated rings. The van der Waals surface area contributed by atoms with E-state index in [0.717, 1.165) is 30.9 Å². The SMILES string of the molecule is COc1cc2c(cc1OC)C(Sc1ccccc1)CN(C=O)CC2. The van der Waals surface area contributed by atoms with Gasteiger partial charge in [-0.2, -0.15) is 0 Å². The quantitative estimate of drug-likeness (QED) is 0.778. The maximum atomic E-state index is 11.4. The van der Waals surface area contributed by atoms with Gasteiger partial charge in [-0.25, -0.2) is 0 Å². The topological polar surface area (TPSA) is 38.8 Å². The van der Waals surface area contributed by atoms with Crippen LogP contribution in [0.25, 0.3) is 0 Å². The van der Waals surface area contributed by atoms with Crippen LogP contribution in [0.2, 0.25) is 0 Å². The van der Waals surface area contributed by atoms with Gasteiger partial charge in [-0.1, -0.05) is 18.2 Å². The van der Waals surface area contributed by atoms with Gasteiger partial charge in [0.15, 0.2) is 11.5 Å². The Morgan fingerprint density at radius 3 is 2.50 bits per heavy atom. The van der Waals surface area contributed by atoms with Crippen LogP contribution in [0.15, 0.2) is 47.4 Å². The molecule has 2 aromatic carbocycles. The van der Waals surface area contributed by atoms with Crippen LogP contribution in [-0.4, -0.2) is 38.6 Å². The Kier molecular flexibility index (Phi) is 5.30. The molecular formula is C19H21NO3S. The summed E-state index contributed by atoms with van der Waals surface area (Å²) in [6.07, 6.45) is 1.76. The molecule has 1 heterocycles. The fraction of sp³-hybridized carbons (Fsp3) is 0.316. The standard InChI is InChI=1S/C19H21NO3S/c1-22-17-10-14-8-9-20(13-21)12-19(16(14)11-18(17)23-2)24-15-6-4-3-5-7-15/h3-7,10-11,13,19H,8-9,12H2,1-2H3. The minimum Gasteiger partial charge on any atom is -0.493 e. The molecule has 4 nitrogen and oxygen atoms in total. The summed E-state index contributed by atoms with van der Waals surface area (Å²) in [7, 11) is 3.30. The van der Waals surface area contributed by atoms with Crippen LogP contribution in [0, 0.1) is 0 Å². The number of thioether (sulfide) groups is 1. The molecule has 2 aromatic rings. The minimum atomic E-state index is 0.162. The summed E-state index contributed by atoms with van der Waals surface area (Å²) in [5.74, 6) is 1.47. The summed E-state index contributed by atoms with van der Waals surface area (Å²) in [5.41, 5.74) is 2.43. The number of fused-ring (bicyclic) bond motifs is 1. The molecule has 5 heteroatoms. The third kappa shape index (κ3) is 3.51. The van der Waals surface area contributed by atoms with E-state index in [0.29, 0.717) is 6.54 Å². The van der Waals surface area contributed by atoms with Crippen LogP contribution in [0.5, 0.6) is 11.5 Å². The number of hydrogen-bond acceptors (Lipinski definition) is 4. The summed E-state index contributed by atoms with van der Waals surface area (Å²) >= 11 is 1.78. The van der Waals surface area contributed by atoms with E-state index >= 15 is 0 Å². The second kappa shape index (κ2) is 7.62. The molecule has 1 aliphatic rings. The van der Waals surface area contributed by atoms with Gasteiger partial charge in [0.1, 0.15) is 0 Å². The van der Waals surface area contributed by atoms with Crippen molar-refractivity contribution in [3.63, 3.8) is 0 Å². The molecule has 0 aromatic heterocycles. The predicted octanol–water partition coefficient (Wildman–Crippen LogP) is 3.55. The largest absolute Gasteiger partial charge is 0.493 e. The van der Waals surface area contributed by atoms with E-state index in [1.807, 2.05) is 29.2 Å². The second-order valence-corrected chi connectivity index (χ2v) is 6.95. The van der Waals surface area contributed by atoms with Crippen molar-refractivity contribution in [3.05, 3.63) is 53.6 Å². The Hall–Kier alpha value is -2.14. The van der Waals surface area contributed by atoms with Crippen LogP contribution >= 0.6 is 11.8 Å². The Bertz CT molecular complexity index is 705. The van der Waals surface area contributed by atoms with Crippen molar-refractivity contribution in [1.82, 2.24) is 4.90 Å². The highest BCUT2D eigenvalue weighted by molar-refractivity contribution is 7.99. The third-order valence-electron chi connectivity index (χ3n) is 4.23. The van der Waals surface area contributed by atoms with E-state index in [4.69, 9.17) is 9.47 Å². The normalized spacial score (nSPS) is 16.9. The van der Waals surface area contributed by atoms with Crippen molar-refractivity contribution < 1.29 is 14.3 Å². The summed E-state index contributed by atoms with van der Waals surface area (Å²) < 4.78 is 10.9. The maximum absolute atomic E-state index is 11.4. The lowest BCUT2D eigenvalue weighted by molar-refractivity contribution is -0.118. The lowest BCUT2D eigenvalue weighted by atomic mass is 10.0. The van der Waals surface area contributed by atoms with E-state index in [-0.39, 0.29) is 5.25 Å². The van der Waals surface area contributed by atoms with Crippen molar-refractivity contribution in [2.24, 2.45) is 0 Å². The first kappa shape index (κ1) is 16.7. The molecule has 0 bridgehead atoms. The van der Waals surface area contributed by atoms with Crippen LogP contribution in [0.4, 0.5) is 0 Å². The first-order chi connectivity index (χ1) is 11.7. The Morgan fingerprint density at radius 1 is 1.12 bits per heavy atom. The van der Waals surface area contributed by atoms with Crippen molar-refractivity contribution in [1.29, 1.82) is 0 Å². The average Bonchev–Trinajstić information content (AvgIpc) is 2.80. The minimum absolute atomic E-state index is 0.162. The first-order valence-corrected chi connectivity index (χ1v) is 8.79. The molecule has 0 saturated heterocycles. The molecule has 1 amide bonds. The molecule has 0 radical (unpaired) electrons. The fourth-order valence-electron chi connectivity index (χ4n) is 2.98. The molecule has 1 atom stereocenters. The number of amides is 1. The molecular weight excluding hydrogens is 322 g/mol. The smallest absolute Gasteiger partial charge is 0.209 e. The van der Waals surface area contributed by atoms with Crippen molar-refractivity contribution in [2.45, 2.75) is 16.6 Å². The van der Waals surface area contributed by atoms with Gasteiger partial charge in [0.25, 0.3) is 0 Å². The molecule has 3 rings (SSSR count). The molecule has 0 spiro atoms. The van der Waals surface area contributed by atoms with Gasteiger partial charge in [0, 0.05) is 18.0 Å². The van der Waals surface area contributed by atoms with Gasteiger partial charge in [-0.05, 0) is 41.8 Å². The summed E-state index contributed by atoms with van der Waals surface area (Å²) in [6, 6.07) is 14.4. The van der Waals surface area contributed by atoms with E-state index in [1.54, 1.807) is 26.0 Å².